The van der Waals surface area contributed by atoms with E-state index in [1.807, 2.05) is 6.08 Å². The molecule has 0 nitrogen and oxygen atoms in total. The highest BCUT2D eigenvalue weighted by molar-refractivity contribution is 7.84. The minimum Gasteiger partial charge on any atom is -0.143 e. The van der Waals surface area contributed by atoms with E-state index in [0.717, 1.165) is 4.91 Å². The molecule has 1 aliphatic rings. The molecule has 1 aliphatic carbocycles. The van der Waals surface area contributed by atoms with E-state index in [4.69, 9.17) is 0 Å². The van der Waals surface area contributed by atoms with Crippen LogP contribution in [0.25, 0.3) is 5.57 Å². The van der Waals surface area contributed by atoms with E-state index in [1.54, 1.807) is 0 Å². The molecule has 0 bridgehead atoms. The molecule has 0 heterocycles. The van der Waals surface area contributed by atoms with Crippen molar-refractivity contribution in [3.8, 4) is 0 Å². The summed E-state index contributed by atoms with van der Waals surface area (Å²) in [6.45, 7) is 10.4. The lowest BCUT2D eigenvalue weighted by atomic mass is 9.82. The van der Waals surface area contributed by atoms with Gasteiger partial charge < -0.3 is 0 Å². The average Bonchev–Trinajstić information content (AvgIpc) is 2.57. The second-order valence-corrected chi connectivity index (χ2v) is 5.32. The van der Waals surface area contributed by atoms with Gasteiger partial charge in [-0.15, -0.1) is 12.6 Å². The Hall–Kier alpha value is -1.21. The van der Waals surface area contributed by atoms with Gasteiger partial charge in [-0.05, 0) is 29.2 Å². The Kier molecular flexibility index (Phi) is 3.05. The number of thiol groups is 1. The highest BCUT2D eigenvalue weighted by atomic mass is 32.1. The predicted molar refractivity (Wildman–Crippen MR) is 79.3 cm³/mol. The monoisotopic (exact) mass is 242 g/mol. The second kappa shape index (κ2) is 4.23. The van der Waals surface area contributed by atoms with Crippen molar-refractivity contribution in [3.05, 3.63) is 64.6 Å². The van der Waals surface area contributed by atoms with E-state index in [-0.39, 0.29) is 5.41 Å². The molecule has 0 radical (unpaired) electrons. The summed E-state index contributed by atoms with van der Waals surface area (Å²) in [4.78, 5) is 0.972. The van der Waals surface area contributed by atoms with E-state index >= 15 is 0 Å². The molecule has 1 heteroatoms. The van der Waals surface area contributed by atoms with Crippen molar-refractivity contribution in [2.24, 2.45) is 0 Å². The fourth-order valence-electron chi connectivity index (χ4n) is 2.73. The van der Waals surface area contributed by atoms with Crippen molar-refractivity contribution in [1.29, 1.82) is 0 Å². The van der Waals surface area contributed by atoms with Gasteiger partial charge in [0.2, 0.25) is 0 Å². The molecule has 0 aliphatic heterocycles. The molecule has 0 amide bonds. The molecule has 0 N–H and O–H groups in total. The Morgan fingerprint density at radius 3 is 2.53 bits per heavy atom. The molecule has 2 rings (SSSR count). The summed E-state index contributed by atoms with van der Waals surface area (Å²) < 4.78 is 0. The Morgan fingerprint density at radius 2 is 1.94 bits per heavy atom. The van der Waals surface area contributed by atoms with Crippen LogP contribution in [0.4, 0.5) is 0 Å². The maximum atomic E-state index is 4.58. The normalized spacial score (nSPS) is 22.5. The summed E-state index contributed by atoms with van der Waals surface area (Å²) in [5, 5.41) is 0. The fourth-order valence-corrected chi connectivity index (χ4v) is 3.13. The smallest absolute Gasteiger partial charge is 0.0169 e. The molecule has 0 spiro atoms. The van der Waals surface area contributed by atoms with Crippen LogP contribution < -0.4 is 0 Å². The summed E-state index contributed by atoms with van der Waals surface area (Å²) in [5.41, 5.74) is 5.26. The first-order chi connectivity index (χ1) is 8.04. The van der Waals surface area contributed by atoms with E-state index in [9.17, 15) is 0 Å². The van der Waals surface area contributed by atoms with Gasteiger partial charge in [0.15, 0.2) is 0 Å². The molecule has 88 valence electrons. The zero-order chi connectivity index (χ0) is 12.6. The minimum absolute atomic E-state index is 0.00368. The zero-order valence-electron chi connectivity index (χ0n) is 10.6. The average molecular weight is 242 g/mol. The predicted octanol–water partition coefficient (Wildman–Crippen LogP) is 4.75. The van der Waals surface area contributed by atoms with E-state index in [0.29, 0.717) is 0 Å². The molecule has 0 atom stereocenters. The SMILES string of the molecule is C=CC(S)=C1/C(=C\C)c2ccccc2C1(C)C. The van der Waals surface area contributed by atoms with E-state index in [1.165, 1.54) is 22.3 Å². The molecule has 0 unspecified atom stereocenters. The lowest BCUT2D eigenvalue weighted by molar-refractivity contribution is 0.660. The Morgan fingerprint density at radius 1 is 1.29 bits per heavy atom. The molecule has 1 aromatic carbocycles. The quantitative estimate of drug-likeness (QED) is 0.675. The maximum Gasteiger partial charge on any atom is 0.0169 e. The van der Waals surface area contributed by atoms with E-state index < -0.39 is 0 Å². The van der Waals surface area contributed by atoms with Gasteiger partial charge in [0.1, 0.15) is 0 Å². The maximum absolute atomic E-state index is 4.58. The van der Waals surface area contributed by atoms with Crippen LogP contribution in [0.5, 0.6) is 0 Å². The van der Waals surface area contributed by atoms with Crippen LogP contribution in [-0.2, 0) is 5.41 Å². The van der Waals surface area contributed by atoms with Gasteiger partial charge >= 0.3 is 0 Å². The van der Waals surface area contributed by atoms with Gasteiger partial charge in [-0.25, -0.2) is 0 Å². The minimum atomic E-state index is 0.00368. The van der Waals surface area contributed by atoms with Crippen molar-refractivity contribution >= 4 is 18.2 Å². The van der Waals surface area contributed by atoms with Crippen molar-refractivity contribution < 1.29 is 0 Å². The largest absolute Gasteiger partial charge is 0.143 e. The van der Waals surface area contributed by atoms with Gasteiger partial charge in [0, 0.05) is 10.3 Å². The van der Waals surface area contributed by atoms with Crippen LogP contribution in [0, 0.1) is 0 Å². The topological polar surface area (TPSA) is 0 Å². The van der Waals surface area contributed by atoms with Crippen LogP contribution in [0.2, 0.25) is 0 Å². The first kappa shape index (κ1) is 12.3. The second-order valence-electron chi connectivity index (χ2n) is 4.84. The molecule has 0 saturated heterocycles. The van der Waals surface area contributed by atoms with Crippen LogP contribution in [0.1, 0.15) is 31.9 Å². The number of rotatable bonds is 1. The number of allylic oxidation sites excluding steroid dienone is 4. The number of fused-ring (bicyclic) bond motifs is 1. The van der Waals surface area contributed by atoms with E-state index in [2.05, 4.69) is 70.3 Å². The lowest BCUT2D eigenvalue weighted by Gasteiger charge is -2.23. The summed E-state index contributed by atoms with van der Waals surface area (Å²) >= 11 is 4.58. The highest BCUT2D eigenvalue weighted by Crippen LogP contribution is 2.51. The van der Waals surface area contributed by atoms with Gasteiger partial charge in [0.05, 0.1) is 0 Å². The van der Waals surface area contributed by atoms with Crippen LogP contribution >= 0.6 is 12.6 Å². The molecule has 0 fully saturated rings. The third-order valence-electron chi connectivity index (χ3n) is 3.52. The number of hydrogen-bond donors (Lipinski definition) is 1. The van der Waals surface area contributed by atoms with Gasteiger partial charge in [-0.2, -0.15) is 0 Å². The Bertz CT molecular complexity index is 530. The molecular weight excluding hydrogens is 224 g/mol. The van der Waals surface area contributed by atoms with Gasteiger partial charge in [-0.1, -0.05) is 56.8 Å². The zero-order valence-corrected chi connectivity index (χ0v) is 11.5. The Balaban J connectivity index is 2.82. The van der Waals surface area contributed by atoms with Crippen molar-refractivity contribution in [2.45, 2.75) is 26.2 Å². The summed E-state index contributed by atoms with van der Waals surface area (Å²) in [6, 6.07) is 8.58. The summed E-state index contributed by atoms with van der Waals surface area (Å²) in [6.07, 6.45) is 4.00. The van der Waals surface area contributed by atoms with Crippen LogP contribution in [0.15, 0.2) is 53.5 Å². The molecule has 1 aromatic rings. The Labute approximate surface area is 109 Å². The van der Waals surface area contributed by atoms with Gasteiger partial charge in [0.25, 0.3) is 0 Å². The molecule has 0 aromatic heterocycles. The van der Waals surface area contributed by atoms with Crippen LogP contribution in [-0.4, -0.2) is 0 Å². The van der Waals surface area contributed by atoms with Crippen LogP contribution in [0.3, 0.4) is 0 Å². The summed E-state index contributed by atoms with van der Waals surface area (Å²) in [7, 11) is 0. The number of benzene rings is 1. The first-order valence-corrected chi connectivity index (χ1v) is 6.31. The highest BCUT2D eigenvalue weighted by Gasteiger charge is 2.38. The van der Waals surface area contributed by atoms with Crippen molar-refractivity contribution in [3.63, 3.8) is 0 Å². The van der Waals surface area contributed by atoms with Crippen molar-refractivity contribution in [1.82, 2.24) is 0 Å². The standard InChI is InChI=1S/C16H18S/c1-5-11-12-9-7-8-10-13(12)16(3,4)15(11)14(17)6-2/h5-10,17H,2H2,1,3-4H3/b11-5-,15-14?. The fraction of sp³-hybridized carbons (Fsp3) is 0.250. The third-order valence-corrected chi connectivity index (χ3v) is 3.93. The molecule has 0 saturated carbocycles. The molecule has 17 heavy (non-hydrogen) atoms. The summed E-state index contributed by atoms with van der Waals surface area (Å²) in [5.74, 6) is 0. The first-order valence-electron chi connectivity index (χ1n) is 5.86. The lowest BCUT2D eigenvalue weighted by Crippen LogP contribution is -2.15. The number of hydrogen-bond acceptors (Lipinski definition) is 1. The third kappa shape index (κ3) is 1.69. The molecular formula is C16H18S. The van der Waals surface area contributed by atoms with Gasteiger partial charge in [-0.3, -0.25) is 0 Å². The van der Waals surface area contributed by atoms with Crippen molar-refractivity contribution in [2.75, 3.05) is 0 Å².